The maximum Gasteiger partial charge on any atom is 0.131 e. The lowest BCUT2D eigenvalue weighted by Gasteiger charge is -2.29. The van der Waals surface area contributed by atoms with Crippen LogP contribution in [-0.2, 0) is 24.1 Å². The van der Waals surface area contributed by atoms with E-state index < -0.39 is 0 Å². The first-order valence-corrected chi connectivity index (χ1v) is 9.56. The molecule has 1 atom stereocenters. The van der Waals surface area contributed by atoms with E-state index >= 15 is 0 Å². The van der Waals surface area contributed by atoms with E-state index in [1.165, 1.54) is 32.0 Å². The van der Waals surface area contributed by atoms with Gasteiger partial charge in [0, 0.05) is 16.4 Å². The third-order valence-corrected chi connectivity index (χ3v) is 6.10. The van der Waals surface area contributed by atoms with Crippen molar-refractivity contribution in [3.8, 4) is 0 Å². The lowest BCUT2D eigenvalue weighted by molar-refractivity contribution is -0.108. The van der Waals surface area contributed by atoms with Crippen LogP contribution in [0.4, 0.5) is 0 Å². The minimum atomic E-state index is -0.174. The number of carbonyl (C=O) groups excluding carboxylic acids is 1. The molecule has 0 radical (unpaired) electrons. The molecule has 0 aliphatic carbocycles. The smallest absolute Gasteiger partial charge is 0.131 e. The van der Waals surface area contributed by atoms with E-state index in [2.05, 4.69) is 44.2 Å². The van der Waals surface area contributed by atoms with Gasteiger partial charge in [-0.25, -0.2) is 0 Å². The van der Waals surface area contributed by atoms with Gasteiger partial charge in [-0.3, -0.25) is 0 Å². The Balaban J connectivity index is 2.13. The van der Waals surface area contributed by atoms with Gasteiger partial charge in [0.25, 0.3) is 0 Å². The van der Waals surface area contributed by atoms with Crippen molar-refractivity contribution in [1.29, 1.82) is 0 Å². The van der Waals surface area contributed by atoms with Gasteiger partial charge in [0.1, 0.15) is 6.29 Å². The van der Waals surface area contributed by atoms with Gasteiger partial charge in [-0.05, 0) is 59.6 Å². The molecule has 3 rings (SSSR count). The SMILES string of the molecule is CCc1ccc(CC)c2c1Sc1ccc(CCCO)cc1C2C=O. The van der Waals surface area contributed by atoms with Gasteiger partial charge >= 0.3 is 0 Å². The zero-order valence-corrected chi connectivity index (χ0v) is 15.2. The number of benzene rings is 2. The fourth-order valence-corrected chi connectivity index (χ4v) is 4.88. The Morgan fingerprint density at radius 2 is 1.88 bits per heavy atom. The first-order valence-electron chi connectivity index (χ1n) is 8.74. The van der Waals surface area contributed by atoms with Crippen LogP contribution in [0.15, 0.2) is 40.1 Å². The Morgan fingerprint density at radius 1 is 1.12 bits per heavy atom. The fraction of sp³-hybridized carbons (Fsp3) is 0.381. The number of aldehydes is 1. The molecule has 2 nitrogen and oxygen atoms in total. The number of carbonyl (C=O) groups is 1. The Labute approximate surface area is 148 Å². The Hall–Kier alpha value is -1.58. The van der Waals surface area contributed by atoms with Crippen molar-refractivity contribution in [1.82, 2.24) is 0 Å². The largest absolute Gasteiger partial charge is 0.396 e. The molecule has 2 aromatic rings. The second-order valence-electron chi connectivity index (χ2n) is 6.25. The highest BCUT2D eigenvalue weighted by Gasteiger charge is 2.29. The molecule has 3 heteroatoms. The normalized spacial score (nSPS) is 15.7. The molecule has 0 saturated carbocycles. The van der Waals surface area contributed by atoms with Crippen molar-refractivity contribution in [2.45, 2.75) is 55.2 Å². The summed E-state index contributed by atoms with van der Waals surface area (Å²) in [5, 5.41) is 9.06. The van der Waals surface area contributed by atoms with E-state index in [4.69, 9.17) is 5.11 Å². The average Bonchev–Trinajstić information content (AvgIpc) is 2.63. The molecule has 0 bridgehead atoms. The number of hydrogen-bond donors (Lipinski definition) is 1. The molecule has 2 aromatic carbocycles. The van der Waals surface area contributed by atoms with Gasteiger partial charge in [0.05, 0.1) is 5.92 Å². The summed E-state index contributed by atoms with van der Waals surface area (Å²) >= 11 is 1.81. The molecule has 1 heterocycles. The second-order valence-corrected chi connectivity index (χ2v) is 7.30. The lowest BCUT2D eigenvalue weighted by Crippen LogP contribution is -2.14. The van der Waals surface area contributed by atoms with Gasteiger partial charge in [-0.1, -0.05) is 49.9 Å². The van der Waals surface area contributed by atoms with Crippen molar-refractivity contribution >= 4 is 18.0 Å². The van der Waals surface area contributed by atoms with E-state index in [0.717, 1.165) is 37.5 Å². The molecule has 0 aromatic heterocycles. The number of aliphatic hydroxyl groups is 1. The molecule has 24 heavy (non-hydrogen) atoms. The molecule has 1 aliphatic heterocycles. The van der Waals surface area contributed by atoms with Crippen LogP contribution in [0.2, 0.25) is 0 Å². The van der Waals surface area contributed by atoms with E-state index in [1.54, 1.807) is 11.8 Å². The highest BCUT2D eigenvalue weighted by atomic mass is 32.2. The van der Waals surface area contributed by atoms with Crippen molar-refractivity contribution in [2.24, 2.45) is 0 Å². The quantitative estimate of drug-likeness (QED) is 0.785. The van der Waals surface area contributed by atoms with Crippen LogP contribution < -0.4 is 0 Å². The standard InChI is InChI=1S/C21H24O2S/c1-3-15-8-9-16(4-2)21-20(15)18(13-23)17-12-14(6-5-11-22)7-10-19(17)24-21/h7-10,12-13,18,22H,3-6,11H2,1-2H3. The third-order valence-electron chi connectivity index (χ3n) is 4.82. The van der Waals surface area contributed by atoms with Gasteiger partial charge in [0.15, 0.2) is 0 Å². The van der Waals surface area contributed by atoms with Gasteiger partial charge < -0.3 is 9.90 Å². The molecule has 0 spiro atoms. The molecular formula is C21H24O2S. The minimum Gasteiger partial charge on any atom is -0.396 e. The molecule has 1 aliphatic rings. The maximum atomic E-state index is 12.0. The first kappa shape index (κ1) is 17.2. The Kier molecular flexibility index (Phi) is 5.42. The van der Waals surface area contributed by atoms with Crippen molar-refractivity contribution < 1.29 is 9.90 Å². The molecular weight excluding hydrogens is 316 g/mol. The fourth-order valence-electron chi connectivity index (χ4n) is 3.51. The predicted molar refractivity (Wildman–Crippen MR) is 99.1 cm³/mol. The molecule has 0 saturated heterocycles. The van der Waals surface area contributed by atoms with Crippen LogP contribution in [0.5, 0.6) is 0 Å². The minimum absolute atomic E-state index is 0.174. The predicted octanol–water partition coefficient (Wildman–Crippen LogP) is 4.53. The topological polar surface area (TPSA) is 37.3 Å². The number of fused-ring (bicyclic) bond motifs is 2. The summed E-state index contributed by atoms with van der Waals surface area (Å²) in [6.07, 6.45) is 4.63. The first-order chi connectivity index (χ1) is 11.7. The molecule has 0 fully saturated rings. The zero-order chi connectivity index (χ0) is 17.1. The van der Waals surface area contributed by atoms with Crippen molar-refractivity contribution in [3.63, 3.8) is 0 Å². The summed E-state index contributed by atoms with van der Waals surface area (Å²) in [5.74, 6) is -0.174. The highest BCUT2D eigenvalue weighted by Crippen LogP contribution is 2.48. The second kappa shape index (κ2) is 7.54. The monoisotopic (exact) mass is 340 g/mol. The zero-order valence-electron chi connectivity index (χ0n) is 14.3. The summed E-state index contributed by atoms with van der Waals surface area (Å²) < 4.78 is 0. The Bertz CT molecular complexity index is 752. The van der Waals surface area contributed by atoms with E-state index in [-0.39, 0.29) is 12.5 Å². The van der Waals surface area contributed by atoms with E-state index in [0.29, 0.717) is 0 Å². The van der Waals surface area contributed by atoms with Crippen LogP contribution in [0.3, 0.4) is 0 Å². The van der Waals surface area contributed by atoms with Crippen LogP contribution in [-0.4, -0.2) is 18.0 Å². The number of rotatable bonds is 6. The van der Waals surface area contributed by atoms with Crippen molar-refractivity contribution in [3.05, 3.63) is 58.1 Å². The summed E-state index contributed by atoms with van der Waals surface area (Å²) in [4.78, 5) is 14.5. The van der Waals surface area contributed by atoms with Gasteiger partial charge in [0.2, 0.25) is 0 Å². The maximum absolute atomic E-state index is 12.0. The van der Waals surface area contributed by atoms with Crippen LogP contribution in [0.25, 0.3) is 0 Å². The van der Waals surface area contributed by atoms with Gasteiger partial charge in [-0.15, -0.1) is 0 Å². The van der Waals surface area contributed by atoms with E-state index in [1.807, 2.05) is 0 Å². The van der Waals surface area contributed by atoms with E-state index in [9.17, 15) is 4.79 Å². The third kappa shape index (κ3) is 3.03. The number of hydrogen-bond acceptors (Lipinski definition) is 3. The lowest BCUT2D eigenvalue weighted by atomic mass is 9.85. The van der Waals surface area contributed by atoms with Crippen LogP contribution >= 0.6 is 11.8 Å². The summed E-state index contributed by atoms with van der Waals surface area (Å²) in [7, 11) is 0. The molecule has 126 valence electrons. The van der Waals surface area contributed by atoms with Crippen LogP contribution in [0, 0.1) is 0 Å². The number of aryl methyl sites for hydroxylation is 3. The molecule has 0 amide bonds. The Morgan fingerprint density at radius 3 is 2.54 bits per heavy atom. The highest BCUT2D eigenvalue weighted by molar-refractivity contribution is 7.99. The molecule has 1 N–H and O–H groups in total. The summed E-state index contributed by atoms with van der Waals surface area (Å²) in [5.41, 5.74) is 6.14. The average molecular weight is 340 g/mol. The summed E-state index contributed by atoms with van der Waals surface area (Å²) in [6.45, 7) is 4.53. The van der Waals surface area contributed by atoms with Crippen molar-refractivity contribution in [2.75, 3.05) is 6.61 Å². The van der Waals surface area contributed by atoms with Crippen LogP contribution in [0.1, 0.15) is 54.0 Å². The van der Waals surface area contributed by atoms with Gasteiger partial charge in [-0.2, -0.15) is 0 Å². The number of aliphatic hydroxyl groups excluding tert-OH is 1. The molecule has 1 unspecified atom stereocenters. The summed E-state index contributed by atoms with van der Waals surface area (Å²) in [6, 6.07) is 10.8.